The van der Waals surface area contributed by atoms with E-state index in [4.69, 9.17) is 4.74 Å². The van der Waals surface area contributed by atoms with Gasteiger partial charge in [0.25, 0.3) is 5.91 Å². The summed E-state index contributed by atoms with van der Waals surface area (Å²) in [5.41, 5.74) is 3.21. The second kappa shape index (κ2) is 9.29. The molecule has 1 aliphatic rings. The normalized spacial score (nSPS) is 21.0. The van der Waals surface area contributed by atoms with Gasteiger partial charge in [-0.1, -0.05) is 56.2 Å². The molecule has 1 aliphatic carbocycles. The molecule has 0 radical (unpaired) electrons. The average molecular weight is 421 g/mol. The number of carbonyl (C=O) groups is 2. The Balaban J connectivity index is 1.29. The quantitative estimate of drug-likeness (QED) is 0.616. The van der Waals surface area contributed by atoms with Crippen molar-refractivity contribution >= 4 is 22.9 Å². The number of fused-ring (bicyclic) bond motifs is 1. The van der Waals surface area contributed by atoms with E-state index in [1.165, 1.54) is 6.42 Å². The summed E-state index contributed by atoms with van der Waals surface area (Å²) in [5, 5.41) is 11.4. The largest absolute Gasteiger partial charge is 0.452 e. The third-order valence-corrected chi connectivity index (χ3v) is 6.33. The van der Waals surface area contributed by atoms with Crippen LogP contribution in [0.4, 0.5) is 0 Å². The number of ether oxygens (including phenoxy) is 1. The first kappa shape index (κ1) is 21.0. The summed E-state index contributed by atoms with van der Waals surface area (Å²) in [6.07, 6.45) is 3.30. The number of rotatable bonds is 6. The number of amides is 1. The van der Waals surface area contributed by atoms with Gasteiger partial charge in [0.2, 0.25) is 0 Å². The monoisotopic (exact) mass is 420 g/mol. The van der Waals surface area contributed by atoms with Crippen molar-refractivity contribution in [2.45, 2.75) is 45.7 Å². The third-order valence-electron chi connectivity index (χ3n) is 6.33. The van der Waals surface area contributed by atoms with Gasteiger partial charge in [-0.3, -0.25) is 4.79 Å². The molecule has 3 atom stereocenters. The fourth-order valence-electron chi connectivity index (χ4n) is 4.20. The zero-order valence-electron chi connectivity index (χ0n) is 18.0. The Kier molecular flexibility index (Phi) is 6.30. The Morgan fingerprint density at radius 2 is 1.87 bits per heavy atom. The van der Waals surface area contributed by atoms with E-state index in [-0.39, 0.29) is 18.6 Å². The molecule has 1 aromatic heterocycles. The van der Waals surface area contributed by atoms with Crippen molar-refractivity contribution in [2.24, 2.45) is 11.8 Å². The molecule has 0 aliphatic heterocycles. The van der Waals surface area contributed by atoms with Gasteiger partial charge in [0.05, 0.1) is 17.6 Å². The van der Waals surface area contributed by atoms with E-state index in [1.54, 1.807) is 12.1 Å². The zero-order chi connectivity index (χ0) is 21.8. The van der Waals surface area contributed by atoms with E-state index < -0.39 is 5.97 Å². The summed E-state index contributed by atoms with van der Waals surface area (Å²) in [4.78, 5) is 24.6. The Morgan fingerprint density at radius 1 is 1.10 bits per heavy atom. The lowest BCUT2D eigenvalue weighted by atomic mass is 9.78. The third kappa shape index (κ3) is 4.93. The number of benzene rings is 2. The van der Waals surface area contributed by atoms with Crippen LogP contribution in [0.1, 0.15) is 49.0 Å². The van der Waals surface area contributed by atoms with Crippen LogP contribution in [0.15, 0.2) is 48.5 Å². The molecule has 162 valence electrons. The van der Waals surface area contributed by atoms with E-state index in [9.17, 15) is 9.59 Å². The predicted octanol–water partition coefficient (Wildman–Crippen LogP) is 3.58. The highest BCUT2D eigenvalue weighted by atomic mass is 16.5. The van der Waals surface area contributed by atoms with Crippen LogP contribution in [0.3, 0.4) is 0 Å². The van der Waals surface area contributed by atoms with Gasteiger partial charge in [0, 0.05) is 6.04 Å². The first-order chi connectivity index (χ1) is 15.0. The lowest BCUT2D eigenvalue weighted by Gasteiger charge is -2.34. The topological polar surface area (TPSA) is 86.1 Å². The summed E-state index contributed by atoms with van der Waals surface area (Å²) in [6, 6.07) is 15.1. The molecule has 7 heteroatoms. The number of hydrogen-bond donors (Lipinski definition) is 1. The number of para-hydroxylation sites is 1. The minimum Gasteiger partial charge on any atom is -0.452 e. The van der Waals surface area contributed by atoms with Crippen LogP contribution in [-0.2, 0) is 16.1 Å². The summed E-state index contributed by atoms with van der Waals surface area (Å²) in [6.45, 7) is 4.68. The average Bonchev–Trinajstić information content (AvgIpc) is 3.19. The van der Waals surface area contributed by atoms with Gasteiger partial charge in [0.1, 0.15) is 5.52 Å². The molecular formula is C24H28N4O3. The fraction of sp³-hybridized carbons (Fsp3) is 0.417. The van der Waals surface area contributed by atoms with Crippen LogP contribution < -0.4 is 5.32 Å². The second-order valence-corrected chi connectivity index (χ2v) is 8.45. The number of hydrogen-bond acceptors (Lipinski definition) is 5. The molecule has 7 nitrogen and oxygen atoms in total. The van der Waals surface area contributed by atoms with Gasteiger partial charge in [-0.25, -0.2) is 9.48 Å². The summed E-state index contributed by atoms with van der Waals surface area (Å²) >= 11 is 0. The predicted molar refractivity (Wildman–Crippen MR) is 117 cm³/mol. The molecule has 0 bridgehead atoms. The van der Waals surface area contributed by atoms with Crippen LogP contribution in [0.25, 0.3) is 11.0 Å². The van der Waals surface area contributed by atoms with Crippen molar-refractivity contribution < 1.29 is 14.3 Å². The number of esters is 1. The van der Waals surface area contributed by atoms with E-state index in [1.807, 2.05) is 41.1 Å². The maximum Gasteiger partial charge on any atom is 0.338 e. The first-order valence-corrected chi connectivity index (χ1v) is 10.8. The molecule has 4 rings (SSSR count). The molecule has 0 unspecified atom stereocenters. The Labute approximate surface area is 181 Å². The summed E-state index contributed by atoms with van der Waals surface area (Å²) in [7, 11) is 0. The number of aromatic nitrogens is 3. The highest BCUT2D eigenvalue weighted by molar-refractivity contribution is 5.91. The van der Waals surface area contributed by atoms with Gasteiger partial charge < -0.3 is 10.1 Å². The van der Waals surface area contributed by atoms with Crippen molar-refractivity contribution in [1.29, 1.82) is 0 Å². The van der Waals surface area contributed by atoms with Crippen LogP contribution in [0, 0.1) is 11.8 Å². The Hall–Kier alpha value is -3.22. The van der Waals surface area contributed by atoms with Crippen molar-refractivity contribution in [3.8, 4) is 0 Å². The maximum atomic E-state index is 12.3. The van der Waals surface area contributed by atoms with Crippen LogP contribution in [-0.4, -0.2) is 39.5 Å². The van der Waals surface area contributed by atoms with E-state index >= 15 is 0 Å². The molecule has 1 saturated carbocycles. The Morgan fingerprint density at radius 3 is 2.68 bits per heavy atom. The molecule has 31 heavy (non-hydrogen) atoms. The highest BCUT2D eigenvalue weighted by Gasteiger charge is 2.28. The van der Waals surface area contributed by atoms with Gasteiger partial charge in [-0.15, -0.1) is 5.10 Å². The van der Waals surface area contributed by atoms with Gasteiger partial charge >= 0.3 is 5.97 Å². The van der Waals surface area contributed by atoms with Crippen molar-refractivity contribution in [3.63, 3.8) is 0 Å². The van der Waals surface area contributed by atoms with Crippen molar-refractivity contribution in [2.75, 3.05) is 6.61 Å². The van der Waals surface area contributed by atoms with Crippen molar-refractivity contribution in [1.82, 2.24) is 20.3 Å². The second-order valence-electron chi connectivity index (χ2n) is 8.45. The van der Waals surface area contributed by atoms with Crippen LogP contribution >= 0.6 is 0 Å². The minimum atomic E-state index is -0.502. The SMILES string of the molecule is C[C@@H]1[C@H](C)CCC[C@@H]1NC(=O)COC(=O)c1ccc(Cn2nnc3ccccc32)cc1. The lowest BCUT2D eigenvalue weighted by Crippen LogP contribution is -2.45. The molecule has 1 heterocycles. The van der Waals surface area contributed by atoms with Gasteiger partial charge in [-0.05, 0) is 48.1 Å². The molecule has 0 spiro atoms. The molecule has 1 N–H and O–H groups in total. The molecule has 3 aromatic rings. The number of carbonyl (C=O) groups excluding carboxylic acids is 2. The van der Waals surface area contributed by atoms with Crippen molar-refractivity contribution in [3.05, 3.63) is 59.7 Å². The first-order valence-electron chi connectivity index (χ1n) is 10.8. The molecule has 1 amide bonds. The molecule has 1 fully saturated rings. The molecular weight excluding hydrogens is 392 g/mol. The Bertz CT molecular complexity index is 1060. The number of nitrogens with zero attached hydrogens (tertiary/aromatic N) is 3. The standard InChI is InChI=1S/C24H28N4O3/c1-16-6-5-8-20(17(16)2)25-23(29)15-31-24(30)19-12-10-18(11-13-19)14-28-22-9-4-3-7-21(22)26-27-28/h3-4,7,9-13,16-17,20H,5-6,8,14-15H2,1-2H3,(H,25,29)/t16-,17-,20+/m1/s1. The maximum absolute atomic E-state index is 12.3. The van der Waals surface area contributed by atoms with E-state index in [2.05, 4.69) is 29.5 Å². The van der Waals surface area contributed by atoms with Crippen LogP contribution in [0.2, 0.25) is 0 Å². The summed E-state index contributed by atoms with van der Waals surface area (Å²) < 4.78 is 7.04. The highest BCUT2D eigenvalue weighted by Crippen LogP contribution is 2.29. The minimum absolute atomic E-state index is 0.155. The zero-order valence-corrected chi connectivity index (χ0v) is 18.0. The van der Waals surface area contributed by atoms with Gasteiger partial charge in [0.15, 0.2) is 6.61 Å². The van der Waals surface area contributed by atoms with E-state index in [0.717, 1.165) is 29.4 Å². The van der Waals surface area contributed by atoms with E-state index in [0.29, 0.717) is 23.9 Å². The number of nitrogens with one attached hydrogen (secondary N) is 1. The summed E-state index contributed by atoms with van der Waals surface area (Å²) in [5.74, 6) is 0.283. The fourth-order valence-corrected chi connectivity index (χ4v) is 4.20. The van der Waals surface area contributed by atoms with Crippen LogP contribution in [0.5, 0.6) is 0 Å². The van der Waals surface area contributed by atoms with Gasteiger partial charge in [-0.2, -0.15) is 0 Å². The molecule has 2 aromatic carbocycles. The lowest BCUT2D eigenvalue weighted by molar-refractivity contribution is -0.125. The smallest absolute Gasteiger partial charge is 0.338 e. The molecule has 0 saturated heterocycles.